The molecule has 1 heterocycles. The number of hydrazone groups is 1. The number of allylic oxidation sites excluding steroid dienone is 1. The van der Waals surface area contributed by atoms with Crippen LogP contribution in [0.3, 0.4) is 0 Å². The monoisotopic (exact) mass is 466 g/mol. The van der Waals surface area contributed by atoms with E-state index in [2.05, 4.69) is 32.6 Å². The van der Waals surface area contributed by atoms with E-state index in [9.17, 15) is 4.79 Å². The quantitative estimate of drug-likeness (QED) is 0.183. The van der Waals surface area contributed by atoms with Crippen LogP contribution in [-0.4, -0.2) is 46.9 Å². The van der Waals surface area contributed by atoms with Crippen LogP contribution in [0.5, 0.6) is 11.5 Å². The molecule has 0 unspecified atom stereocenters. The van der Waals surface area contributed by atoms with Crippen molar-refractivity contribution in [3.8, 4) is 11.5 Å². The maximum atomic E-state index is 12.3. The SMILES string of the molecule is C=CCn1c(CNc2ccccc2)nnc1SCC(=O)NN=Cc1ccc(OC)cc1OC. The molecule has 9 nitrogen and oxygen atoms in total. The highest BCUT2D eigenvalue weighted by molar-refractivity contribution is 7.99. The number of thioether (sulfide) groups is 1. The van der Waals surface area contributed by atoms with Gasteiger partial charge in [-0.3, -0.25) is 4.79 Å². The van der Waals surface area contributed by atoms with Crippen LogP contribution in [0, 0.1) is 0 Å². The number of carbonyl (C=O) groups is 1. The number of aromatic nitrogens is 3. The first-order valence-corrected chi connectivity index (χ1v) is 11.1. The molecule has 172 valence electrons. The van der Waals surface area contributed by atoms with Crippen molar-refractivity contribution in [2.75, 3.05) is 25.3 Å². The molecule has 0 saturated carbocycles. The van der Waals surface area contributed by atoms with Gasteiger partial charge < -0.3 is 19.4 Å². The molecule has 1 aromatic heterocycles. The average molecular weight is 467 g/mol. The minimum Gasteiger partial charge on any atom is -0.497 e. The Balaban J connectivity index is 1.55. The van der Waals surface area contributed by atoms with Gasteiger partial charge in [-0.05, 0) is 24.3 Å². The predicted octanol–water partition coefficient (Wildman–Crippen LogP) is 3.34. The highest BCUT2D eigenvalue weighted by atomic mass is 32.2. The van der Waals surface area contributed by atoms with Crippen LogP contribution < -0.4 is 20.2 Å². The third kappa shape index (κ3) is 6.84. The number of nitrogens with one attached hydrogen (secondary N) is 2. The van der Waals surface area contributed by atoms with Gasteiger partial charge in [0.1, 0.15) is 11.5 Å². The zero-order chi connectivity index (χ0) is 23.5. The van der Waals surface area contributed by atoms with Crippen molar-refractivity contribution in [2.45, 2.75) is 18.2 Å². The Morgan fingerprint density at radius 3 is 2.73 bits per heavy atom. The zero-order valence-corrected chi connectivity index (χ0v) is 19.3. The van der Waals surface area contributed by atoms with E-state index < -0.39 is 0 Å². The number of ether oxygens (including phenoxy) is 2. The standard InChI is InChI=1S/C23H26N6O3S/c1-4-12-29-21(15-24-18-8-6-5-7-9-18)26-28-23(29)33-16-22(30)27-25-14-17-10-11-19(31-2)13-20(17)32-3/h4-11,13-14,24H,1,12,15-16H2,2-3H3,(H,27,30). The normalized spacial score (nSPS) is 10.7. The number of para-hydroxylation sites is 1. The van der Waals surface area contributed by atoms with Gasteiger partial charge in [-0.1, -0.05) is 36.0 Å². The summed E-state index contributed by atoms with van der Waals surface area (Å²) in [6, 6.07) is 15.2. The number of nitrogens with zero attached hydrogens (tertiary/aromatic N) is 4. The number of carbonyl (C=O) groups excluding carboxylic acids is 1. The fourth-order valence-electron chi connectivity index (χ4n) is 2.87. The molecular weight excluding hydrogens is 440 g/mol. The van der Waals surface area contributed by atoms with Gasteiger partial charge in [-0.25, -0.2) is 5.43 Å². The number of hydrogen-bond acceptors (Lipinski definition) is 8. The third-order valence-electron chi connectivity index (χ3n) is 4.50. The molecule has 0 bridgehead atoms. The largest absolute Gasteiger partial charge is 0.497 e. The lowest BCUT2D eigenvalue weighted by atomic mass is 10.2. The Kier molecular flexibility index (Phi) is 8.89. The summed E-state index contributed by atoms with van der Waals surface area (Å²) in [7, 11) is 3.14. The second-order valence-corrected chi connectivity index (χ2v) is 7.65. The molecule has 3 aromatic rings. The lowest BCUT2D eigenvalue weighted by Crippen LogP contribution is -2.20. The van der Waals surface area contributed by atoms with E-state index in [1.54, 1.807) is 38.5 Å². The molecule has 0 spiro atoms. The Bertz CT molecular complexity index is 1100. The van der Waals surface area contributed by atoms with Gasteiger partial charge in [-0.15, -0.1) is 16.8 Å². The lowest BCUT2D eigenvalue weighted by molar-refractivity contribution is -0.118. The van der Waals surface area contributed by atoms with Crippen LogP contribution in [0.2, 0.25) is 0 Å². The molecule has 0 radical (unpaired) electrons. The van der Waals surface area contributed by atoms with Gasteiger partial charge in [0, 0.05) is 23.9 Å². The molecule has 0 aliphatic carbocycles. The van der Waals surface area contributed by atoms with E-state index in [4.69, 9.17) is 9.47 Å². The molecule has 0 saturated heterocycles. The molecule has 2 aromatic carbocycles. The summed E-state index contributed by atoms with van der Waals surface area (Å²) >= 11 is 1.28. The molecule has 33 heavy (non-hydrogen) atoms. The smallest absolute Gasteiger partial charge is 0.250 e. The van der Waals surface area contributed by atoms with Crippen LogP contribution in [0.1, 0.15) is 11.4 Å². The van der Waals surface area contributed by atoms with Crippen molar-refractivity contribution in [2.24, 2.45) is 5.10 Å². The summed E-state index contributed by atoms with van der Waals surface area (Å²) in [5.41, 5.74) is 4.23. The van der Waals surface area contributed by atoms with Gasteiger partial charge in [0.2, 0.25) is 0 Å². The molecular formula is C23H26N6O3S. The predicted molar refractivity (Wildman–Crippen MR) is 130 cm³/mol. The second-order valence-electron chi connectivity index (χ2n) is 6.71. The summed E-state index contributed by atoms with van der Waals surface area (Å²) in [6.07, 6.45) is 3.29. The topological polar surface area (TPSA) is 103 Å². The van der Waals surface area contributed by atoms with Gasteiger partial charge in [-0.2, -0.15) is 5.10 Å². The molecule has 10 heteroatoms. The highest BCUT2D eigenvalue weighted by Crippen LogP contribution is 2.23. The number of amides is 1. The Morgan fingerprint density at radius 2 is 2.00 bits per heavy atom. The van der Waals surface area contributed by atoms with Gasteiger partial charge in [0.25, 0.3) is 5.91 Å². The second kappa shape index (κ2) is 12.3. The van der Waals surface area contributed by atoms with E-state index >= 15 is 0 Å². The van der Waals surface area contributed by atoms with Gasteiger partial charge >= 0.3 is 0 Å². The van der Waals surface area contributed by atoms with Crippen LogP contribution in [-0.2, 0) is 17.9 Å². The van der Waals surface area contributed by atoms with Crippen LogP contribution in [0.4, 0.5) is 5.69 Å². The van der Waals surface area contributed by atoms with Crippen molar-refractivity contribution in [1.29, 1.82) is 0 Å². The summed E-state index contributed by atoms with van der Waals surface area (Å²) in [6.45, 7) is 4.85. The lowest BCUT2D eigenvalue weighted by Gasteiger charge is -2.09. The summed E-state index contributed by atoms with van der Waals surface area (Å²) in [5, 5.41) is 16.5. The van der Waals surface area contributed by atoms with Crippen molar-refractivity contribution in [3.05, 3.63) is 72.6 Å². The van der Waals surface area contributed by atoms with E-state index in [1.807, 2.05) is 34.9 Å². The number of benzene rings is 2. The Labute approximate surface area is 196 Å². The van der Waals surface area contributed by atoms with Crippen molar-refractivity contribution < 1.29 is 14.3 Å². The van der Waals surface area contributed by atoms with E-state index in [-0.39, 0.29) is 11.7 Å². The molecule has 3 rings (SSSR count). The number of hydrogen-bond donors (Lipinski definition) is 2. The number of rotatable bonds is 12. The van der Waals surface area contributed by atoms with Gasteiger partial charge in [0.15, 0.2) is 11.0 Å². The molecule has 0 aliphatic heterocycles. The maximum Gasteiger partial charge on any atom is 0.250 e. The highest BCUT2D eigenvalue weighted by Gasteiger charge is 2.13. The molecule has 2 N–H and O–H groups in total. The zero-order valence-electron chi connectivity index (χ0n) is 18.5. The molecule has 0 atom stereocenters. The fourth-order valence-corrected chi connectivity index (χ4v) is 3.63. The fraction of sp³-hybridized carbons (Fsp3) is 0.217. The third-order valence-corrected chi connectivity index (χ3v) is 5.46. The molecule has 0 aliphatic rings. The summed E-state index contributed by atoms with van der Waals surface area (Å²) < 4.78 is 12.4. The maximum absolute atomic E-state index is 12.3. The van der Waals surface area contributed by atoms with Crippen LogP contribution >= 0.6 is 11.8 Å². The van der Waals surface area contributed by atoms with E-state index in [0.717, 1.165) is 11.5 Å². The minimum absolute atomic E-state index is 0.137. The van der Waals surface area contributed by atoms with Crippen molar-refractivity contribution in [1.82, 2.24) is 20.2 Å². The average Bonchev–Trinajstić information content (AvgIpc) is 3.23. The molecule has 0 fully saturated rings. The first-order valence-electron chi connectivity index (χ1n) is 10.1. The summed E-state index contributed by atoms with van der Waals surface area (Å²) in [5.74, 6) is 1.90. The Hall–Kier alpha value is -3.79. The van der Waals surface area contributed by atoms with Crippen LogP contribution in [0.15, 0.2) is 71.4 Å². The molecule has 1 amide bonds. The number of anilines is 1. The first-order chi connectivity index (χ1) is 16.1. The first kappa shape index (κ1) is 23.9. The number of methoxy groups -OCH3 is 2. The minimum atomic E-state index is -0.263. The van der Waals surface area contributed by atoms with Gasteiger partial charge in [0.05, 0.1) is 32.7 Å². The van der Waals surface area contributed by atoms with Crippen LogP contribution in [0.25, 0.3) is 0 Å². The van der Waals surface area contributed by atoms with E-state index in [1.165, 1.54) is 18.0 Å². The Morgan fingerprint density at radius 1 is 1.18 bits per heavy atom. The summed E-state index contributed by atoms with van der Waals surface area (Å²) in [4.78, 5) is 12.3. The van der Waals surface area contributed by atoms with Crippen molar-refractivity contribution in [3.63, 3.8) is 0 Å². The van der Waals surface area contributed by atoms with Crippen molar-refractivity contribution >= 4 is 29.6 Å². The van der Waals surface area contributed by atoms with E-state index in [0.29, 0.717) is 35.3 Å².